The van der Waals surface area contributed by atoms with Gasteiger partial charge in [-0.15, -0.1) is 0 Å². The van der Waals surface area contributed by atoms with Crippen molar-refractivity contribution in [1.82, 2.24) is 4.90 Å². The maximum Gasteiger partial charge on any atom is 0.407 e. The third kappa shape index (κ3) is 4.13. The van der Waals surface area contributed by atoms with E-state index in [0.717, 1.165) is 11.3 Å². The highest BCUT2D eigenvalue weighted by Gasteiger charge is 2.18. The summed E-state index contributed by atoms with van der Waals surface area (Å²) in [5, 5.41) is 13.6. The molecule has 0 radical (unpaired) electrons. The average Bonchev–Trinajstić information content (AvgIpc) is 2.41. The molecule has 1 N–H and O–H groups in total. The Hall–Kier alpha value is -1.75. The average molecular weight is 283 g/mol. The minimum Gasteiger partial charge on any atom is -0.465 e. The number of carboxylic acid groups (broad SMARTS) is 1. The molecule has 1 aromatic carbocycles. The van der Waals surface area contributed by atoms with Gasteiger partial charge in [0.15, 0.2) is 0 Å². The molecule has 1 saturated heterocycles. The van der Waals surface area contributed by atoms with E-state index in [1.165, 1.54) is 4.90 Å². The quantitative estimate of drug-likeness (QED) is 0.867. The lowest BCUT2D eigenvalue weighted by molar-refractivity contribution is 0.124. The summed E-state index contributed by atoms with van der Waals surface area (Å²) in [7, 11) is 0. The van der Waals surface area contributed by atoms with Crippen molar-refractivity contribution < 1.29 is 14.7 Å². The van der Waals surface area contributed by atoms with Crippen LogP contribution in [0.25, 0.3) is 0 Å². The Morgan fingerprint density at radius 3 is 2.53 bits per heavy atom. The summed E-state index contributed by atoms with van der Waals surface area (Å²) < 4.78 is 0. The molecule has 1 aliphatic heterocycles. The predicted octanol–water partition coefficient (Wildman–Crippen LogP) is 2.99. The zero-order valence-corrected chi connectivity index (χ0v) is 11.1. The molecule has 1 aromatic rings. The Bertz CT molecular complexity index is 463. The summed E-state index contributed by atoms with van der Waals surface area (Å²) in [6, 6.07) is 7.38. The number of likely N-dealkylation sites (tertiary alicyclic amines) is 1. The molecule has 0 saturated carbocycles. The number of hydrogen-bond donors (Lipinski definition) is 1. The van der Waals surface area contributed by atoms with Gasteiger partial charge in [0.25, 0.3) is 0 Å². The first-order valence-electron chi connectivity index (χ1n) is 6.05. The first kappa shape index (κ1) is 13.7. The van der Waals surface area contributed by atoms with Crippen molar-refractivity contribution in [2.24, 2.45) is 5.16 Å². The van der Waals surface area contributed by atoms with Crippen LogP contribution >= 0.6 is 11.6 Å². The summed E-state index contributed by atoms with van der Waals surface area (Å²) in [4.78, 5) is 17.4. The molecular weight excluding hydrogens is 268 g/mol. The second-order valence-electron chi connectivity index (χ2n) is 4.33. The molecule has 19 heavy (non-hydrogen) atoms. The van der Waals surface area contributed by atoms with Gasteiger partial charge in [-0.25, -0.2) is 4.79 Å². The zero-order valence-electron chi connectivity index (χ0n) is 10.4. The lowest BCUT2D eigenvalue weighted by Gasteiger charge is -2.24. The smallest absolute Gasteiger partial charge is 0.407 e. The summed E-state index contributed by atoms with van der Waals surface area (Å²) in [5.74, 6) is 0. The van der Waals surface area contributed by atoms with Crippen LogP contribution in [0.15, 0.2) is 29.4 Å². The minimum atomic E-state index is -0.874. The Morgan fingerprint density at radius 2 is 1.95 bits per heavy atom. The monoisotopic (exact) mass is 282 g/mol. The number of benzene rings is 1. The second-order valence-corrected chi connectivity index (χ2v) is 4.76. The van der Waals surface area contributed by atoms with E-state index >= 15 is 0 Å². The third-order valence-electron chi connectivity index (χ3n) is 2.95. The number of amides is 1. The molecule has 0 atom stereocenters. The number of piperidine rings is 1. The molecule has 0 aromatic heterocycles. The number of carbonyl (C=O) groups is 1. The molecule has 1 amide bonds. The Labute approximate surface area is 116 Å². The molecule has 0 spiro atoms. The maximum absolute atomic E-state index is 10.7. The number of halogens is 1. The normalized spacial score (nSPS) is 15.2. The van der Waals surface area contributed by atoms with Gasteiger partial charge in [-0.05, 0) is 17.7 Å². The molecule has 0 bridgehead atoms. The van der Waals surface area contributed by atoms with E-state index in [2.05, 4.69) is 5.16 Å². The number of rotatable bonds is 3. The van der Waals surface area contributed by atoms with Crippen molar-refractivity contribution in [2.75, 3.05) is 13.1 Å². The van der Waals surface area contributed by atoms with Crippen molar-refractivity contribution in [2.45, 2.75) is 19.4 Å². The standard InChI is InChI=1S/C13H15ClN2O3/c14-11-3-1-10(2-4-11)9-19-15-12-5-7-16(8-6-12)13(17)18/h1-4H,5-9H2,(H,17,18). The van der Waals surface area contributed by atoms with E-state index in [4.69, 9.17) is 21.5 Å². The molecule has 6 heteroatoms. The fourth-order valence-electron chi connectivity index (χ4n) is 1.83. The summed E-state index contributed by atoms with van der Waals surface area (Å²) in [6.45, 7) is 1.36. The SMILES string of the molecule is O=C(O)N1CCC(=NOCc2ccc(Cl)cc2)CC1. The fraction of sp³-hybridized carbons (Fsp3) is 0.385. The van der Waals surface area contributed by atoms with Crippen LogP contribution in [0.3, 0.4) is 0 Å². The lowest BCUT2D eigenvalue weighted by Crippen LogP contribution is -2.37. The summed E-state index contributed by atoms with van der Waals surface area (Å²) >= 11 is 5.79. The van der Waals surface area contributed by atoms with Crippen LogP contribution in [0.2, 0.25) is 5.02 Å². The molecule has 5 nitrogen and oxygen atoms in total. The van der Waals surface area contributed by atoms with Gasteiger partial charge < -0.3 is 14.8 Å². The number of hydrogen-bond acceptors (Lipinski definition) is 3. The molecule has 1 heterocycles. The van der Waals surface area contributed by atoms with Crippen molar-refractivity contribution >= 4 is 23.4 Å². The minimum absolute atomic E-state index is 0.392. The van der Waals surface area contributed by atoms with Gasteiger partial charge in [-0.1, -0.05) is 28.9 Å². The molecule has 0 aliphatic carbocycles. The van der Waals surface area contributed by atoms with Gasteiger partial charge in [0.2, 0.25) is 0 Å². The number of oxime groups is 1. The molecule has 102 valence electrons. The third-order valence-corrected chi connectivity index (χ3v) is 3.20. The van der Waals surface area contributed by atoms with E-state index in [1.54, 1.807) is 12.1 Å². The van der Waals surface area contributed by atoms with E-state index in [9.17, 15) is 4.79 Å². The van der Waals surface area contributed by atoms with Crippen molar-refractivity contribution in [1.29, 1.82) is 0 Å². The molecule has 2 rings (SSSR count). The first-order chi connectivity index (χ1) is 9.15. The second kappa shape index (κ2) is 6.43. The van der Waals surface area contributed by atoms with Gasteiger partial charge in [0.05, 0.1) is 5.71 Å². The fourth-order valence-corrected chi connectivity index (χ4v) is 1.95. The van der Waals surface area contributed by atoms with Crippen LogP contribution in [0.1, 0.15) is 18.4 Å². The molecular formula is C13H15ClN2O3. The summed E-state index contributed by atoms with van der Waals surface area (Å²) in [5.41, 5.74) is 1.91. The van der Waals surface area contributed by atoms with Gasteiger partial charge >= 0.3 is 6.09 Å². The van der Waals surface area contributed by atoms with Crippen LogP contribution in [0.4, 0.5) is 4.79 Å². The van der Waals surface area contributed by atoms with E-state index in [-0.39, 0.29) is 0 Å². The highest BCUT2D eigenvalue weighted by molar-refractivity contribution is 6.30. The van der Waals surface area contributed by atoms with Crippen molar-refractivity contribution in [3.63, 3.8) is 0 Å². The molecule has 0 unspecified atom stereocenters. The van der Waals surface area contributed by atoms with Crippen LogP contribution in [-0.2, 0) is 11.4 Å². The van der Waals surface area contributed by atoms with Gasteiger partial charge in [0, 0.05) is 31.0 Å². The zero-order chi connectivity index (χ0) is 13.7. The molecule has 1 fully saturated rings. The van der Waals surface area contributed by atoms with Crippen LogP contribution in [-0.4, -0.2) is 34.9 Å². The topological polar surface area (TPSA) is 62.1 Å². The molecule has 1 aliphatic rings. The van der Waals surface area contributed by atoms with Gasteiger partial charge in [-0.2, -0.15) is 0 Å². The predicted molar refractivity (Wildman–Crippen MR) is 72.5 cm³/mol. The van der Waals surface area contributed by atoms with E-state index < -0.39 is 6.09 Å². The van der Waals surface area contributed by atoms with Crippen LogP contribution < -0.4 is 0 Å². The number of nitrogens with zero attached hydrogens (tertiary/aromatic N) is 2. The van der Waals surface area contributed by atoms with E-state index in [1.807, 2.05) is 12.1 Å². The van der Waals surface area contributed by atoms with Crippen LogP contribution in [0.5, 0.6) is 0 Å². The van der Waals surface area contributed by atoms with Crippen LogP contribution in [0, 0.1) is 0 Å². The Morgan fingerprint density at radius 1 is 1.32 bits per heavy atom. The van der Waals surface area contributed by atoms with E-state index in [0.29, 0.717) is 37.6 Å². The largest absolute Gasteiger partial charge is 0.465 e. The van der Waals surface area contributed by atoms with Gasteiger partial charge in [-0.3, -0.25) is 0 Å². The van der Waals surface area contributed by atoms with Gasteiger partial charge in [0.1, 0.15) is 6.61 Å². The highest BCUT2D eigenvalue weighted by atomic mass is 35.5. The first-order valence-corrected chi connectivity index (χ1v) is 6.43. The maximum atomic E-state index is 10.7. The highest BCUT2D eigenvalue weighted by Crippen LogP contribution is 2.11. The van der Waals surface area contributed by atoms with Crippen molar-refractivity contribution in [3.05, 3.63) is 34.9 Å². The lowest BCUT2D eigenvalue weighted by atomic mass is 10.1. The summed E-state index contributed by atoms with van der Waals surface area (Å²) in [6.07, 6.45) is 0.390. The Balaban J connectivity index is 1.77. The Kier molecular flexibility index (Phi) is 4.63. The van der Waals surface area contributed by atoms with Crippen molar-refractivity contribution in [3.8, 4) is 0 Å².